The van der Waals surface area contributed by atoms with Crippen molar-refractivity contribution in [1.29, 1.82) is 0 Å². The number of aliphatic hydroxyl groups excluding tert-OH is 1. The number of hydrogen-bond donors (Lipinski definition) is 2. The molecular formula is C11H17NO6S. The molecule has 8 heteroatoms. The second-order valence-corrected chi connectivity index (χ2v) is 5.42. The summed E-state index contributed by atoms with van der Waals surface area (Å²) in [4.78, 5) is 0. The van der Waals surface area contributed by atoms with E-state index in [-0.39, 0.29) is 13.2 Å². The normalized spacial score (nSPS) is 13.3. The zero-order chi connectivity index (χ0) is 14.5. The Morgan fingerprint density at radius 2 is 2.00 bits per heavy atom. The van der Waals surface area contributed by atoms with Crippen LogP contribution >= 0.6 is 0 Å². The van der Waals surface area contributed by atoms with Crippen molar-refractivity contribution in [2.24, 2.45) is 0 Å². The van der Waals surface area contributed by atoms with Gasteiger partial charge in [-0.25, -0.2) is 0 Å². The van der Waals surface area contributed by atoms with Gasteiger partial charge in [0.15, 0.2) is 0 Å². The van der Waals surface area contributed by atoms with E-state index < -0.39 is 16.4 Å². The third-order valence-electron chi connectivity index (χ3n) is 2.35. The van der Waals surface area contributed by atoms with Crippen LogP contribution in [-0.2, 0) is 10.3 Å². The second kappa shape index (κ2) is 6.71. The third-order valence-corrected chi connectivity index (χ3v) is 3.28. The summed E-state index contributed by atoms with van der Waals surface area (Å²) in [5.41, 5.74) is 0. The van der Waals surface area contributed by atoms with Gasteiger partial charge in [0, 0.05) is 19.7 Å². The van der Waals surface area contributed by atoms with Crippen LogP contribution in [0.3, 0.4) is 0 Å². The number of ether oxygens (including phenoxy) is 2. The van der Waals surface area contributed by atoms with Crippen LogP contribution in [0, 0.1) is 0 Å². The minimum absolute atomic E-state index is 0.104. The summed E-state index contributed by atoms with van der Waals surface area (Å²) in [5, 5.41) is 9.60. The van der Waals surface area contributed by atoms with E-state index in [1.807, 2.05) is 0 Å². The summed E-state index contributed by atoms with van der Waals surface area (Å²) < 4.78 is 41.1. The van der Waals surface area contributed by atoms with Crippen LogP contribution in [0.25, 0.3) is 0 Å². The lowest BCUT2D eigenvalue weighted by molar-refractivity contribution is 0.0917. The van der Waals surface area contributed by atoms with Crippen molar-refractivity contribution in [2.75, 3.05) is 27.3 Å². The summed E-state index contributed by atoms with van der Waals surface area (Å²) in [5.74, 6) is 1.11. The van der Waals surface area contributed by atoms with E-state index in [9.17, 15) is 13.5 Å². The number of hydrogen-bond acceptors (Lipinski definition) is 5. The average Bonchev–Trinajstić information content (AvgIpc) is 2.35. The number of likely N-dealkylation sites (N-methyl/N-ethyl adjacent to an activating group) is 1. The lowest BCUT2D eigenvalue weighted by Crippen LogP contribution is -2.36. The molecule has 0 amide bonds. The number of methoxy groups -OCH3 is 1. The van der Waals surface area contributed by atoms with E-state index in [4.69, 9.17) is 14.0 Å². The molecule has 0 aliphatic carbocycles. The van der Waals surface area contributed by atoms with Gasteiger partial charge in [-0.3, -0.25) is 4.55 Å². The Bertz CT molecular complexity index is 504. The molecular weight excluding hydrogens is 274 g/mol. The molecule has 1 aromatic rings. The zero-order valence-electron chi connectivity index (χ0n) is 10.7. The maximum atomic E-state index is 10.7. The lowest BCUT2D eigenvalue weighted by Gasteiger charge is -2.17. The number of benzene rings is 1. The largest absolute Gasteiger partial charge is 0.497 e. The van der Waals surface area contributed by atoms with Gasteiger partial charge < -0.3 is 14.6 Å². The highest BCUT2D eigenvalue weighted by Gasteiger charge is 2.18. The van der Waals surface area contributed by atoms with Crippen LogP contribution in [-0.4, -0.2) is 55.8 Å². The van der Waals surface area contributed by atoms with Gasteiger partial charge in [0.1, 0.15) is 24.2 Å². The Labute approximate surface area is 112 Å². The van der Waals surface area contributed by atoms with Crippen molar-refractivity contribution in [3.8, 4) is 11.5 Å². The highest BCUT2D eigenvalue weighted by atomic mass is 32.2. The summed E-state index contributed by atoms with van der Waals surface area (Å²) in [6.45, 7) is -0.365. The van der Waals surface area contributed by atoms with E-state index >= 15 is 0 Å². The van der Waals surface area contributed by atoms with Crippen LogP contribution in [0.1, 0.15) is 0 Å². The van der Waals surface area contributed by atoms with Crippen LogP contribution in [0.4, 0.5) is 0 Å². The van der Waals surface area contributed by atoms with Crippen molar-refractivity contribution in [1.82, 2.24) is 4.31 Å². The second-order valence-electron chi connectivity index (χ2n) is 3.90. The predicted molar refractivity (Wildman–Crippen MR) is 68.7 cm³/mol. The number of nitrogens with zero attached hydrogens (tertiary/aromatic N) is 1. The number of rotatable bonds is 7. The molecule has 2 N–H and O–H groups in total. The molecule has 0 aliphatic heterocycles. The highest BCUT2D eigenvalue weighted by molar-refractivity contribution is 7.83. The first kappa shape index (κ1) is 15.7. The molecule has 1 rings (SSSR count). The van der Waals surface area contributed by atoms with Gasteiger partial charge in [-0.1, -0.05) is 6.07 Å². The Kier molecular flexibility index (Phi) is 5.55. The Morgan fingerprint density at radius 1 is 1.37 bits per heavy atom. The maximum absolute atomic E-state index is 10.7. The first-order chi connectivity index (χ1) is 8.82. The smallest absolute Gasteiger partial charge is 0.335 e. The van der Waals surface area contributed by atoms with Crippen LogP contribution in [0.2, 0.25) is 0 Å². The van der Waals surface area contributed by atoms with Gasteiger partial charge in [0.05, 0.1) is 7.11 Å². The molecule has 108 valence electrons. The van der Waals surface area contributed by atoms with Crippen molar-refractivity contribution in [2.45, 2.75) is 6.10 Å². The van der Waals surface area contributed by atoms with Gasteiger partial charge in [0.25, 0.3) is 0 Å². The molecule has 0 heterocycles. The van der Waals surface area contributed by atoms with E-state index in [0.29, 0.717) is 15.8 Å². The molecule has 0 aliphatic rings. The first-order valence-corrected chi connectivity index (χ1v) is 6.86. The van der Waals surface area contributed by atoms with E-state index in [1.165, 1.54) is 7.11 Å². The molecule has 19 heavy (non-hydrogen) atoms. The monoisotopic (exact) mass is 291 g/mol. The summed E-state index contributed by atoms with van der Waals surface area (Å²) in [6.07, 6.45) is -1.06. The summed E-state index contributed by atoms with van der Waals surface area (Å²) >= 11 is 0. The summed E-state index contributed by atoms with van der Waals surface area (Å²) in [6, 6.07) is 6.79. The van der Waals surface area contributed by atoms with Crippen molar-refractivity contribution >= 4 is 10.3 Å². The fourth-order valence-electron chi connectivity index (χ4n) is 1.33. The molecule has 1 aromatic carbocycles. The molecule has 0 bridgehead atoms. The van der Waals surface area contributed by atoms with E-state index in [0.717, 1.165) is 7.05 Å². The van der Waals surface area contributed by atoms with E-state index in [2.05, 4.69) is 0 Å². The minimum atomic E-state index is -4.29. The molecule has 1 atom stereocenters. The fraction of sp³-hybridized carbons (Fsp3) is 0.455. The van der Waals surface area contributed by atoms with Crippen LogP contribution < -0.4 is 9.47 Å². The fourth-order valence-corrected chi connectivity index (χ4v) is 1.69. The molecule has 7 nitrogen and oxygen atoms in total. The van der Waals surface area contributed by atoms with Gasteiger partial charge in [0.2, 0.25) is 0 Å². The van der Waals surface area contributed by atoms with Gasteiger partial charge >= 0.3 is 10.3 Å². The predicted octanol–water partition coefficient (Wildman–Crippen LogP) is 0.170. The number of aliphatic hydroxyl groups is 1. The third kappa shape index (κ3) is 5.43. The Morgan fingerprint density at radius 3 is 2.58 bits per heavy atom. The maximum Gasteiger partial charge on any atom is 0.335 e. The van der Waals surface area contributed by atoms with Gasteiger partial charge in [-0.05, 0) is 12.1 Å². The molecule has 0 saturated heterocycles. The molecule has 0 spiro atoms. The average molecular weight is 291 g/mol. The van der Waals surface area contributed by atoms with Crippen LogP contribution in [0.15, 0.2) is 24.3 Å². The van der Waals surface area contributed by atoms with Crippen molar-refractivity contribution in [3.05, 3.63) is 24.3 Å². The molecule has 0 saturated carbocycles. The lowest BCUT2D eigenvalue weighted by atomic mass is 10.3. The molecule has 0 fully saturated rings. The standard InChI is InChI=1S/C11H17NO6S/c1-12(19(14,15)16)7-9(13)8-18-11-5-3-4-10(6-11)17-2/h3-6,9,13H,7-8H2,1-2H3,(H,14,15,16). The topological polar surface area (TPSA) is 96.3 Å². The van der Waals surface area contributed by atoms with Crippen LogP contribution in [0.5, 0.6) is 11.5 Å². The van der Waals surface area contributed by atoms with E-state index in [1.54, 1.807) is 24.3 Å². The summed E-state index contributed by atoms with van der Waals surface area (Å²) in [7, 11) is -1.61. The molecule has 0 radical (unpaired) electrons. The van der Waals surface area contributed by atoms with Gasteiger partial charge in [-0.15, -0.1) is 0 Å². The van der Waals surface area contributed by atoms with Crippen molar-refractivity contribution in [3.63, 3.8) is 0 Å². The Hall–Kier alpha value is -1.35. The highest BCUT2D eigenvalue weighted by Crippen LogP contribution is 2.18. The Balaban J connectivity index is 2.48. The van der Waals surface area contributed by atoms with Gasteiger partial charge in [-0.2, -0.15) is 12.7 Å². The molecule has 0 aromatic heterocycles. The SMILES string of the molecule is COc1cccc(OCC(O)CN(C)S(=O)(=O)O)c1. The quantitative estimate of drug-likeness (QED) is 0.695. The minimum Gasteiger partial charge on any atom is -0.497 e. The molecule has 1 unspecified atom stereocenters. The first-order valence-electron chi connectivity index (χ1n) is 5.46. The zero-order valence-corrected chi connectivity index (χ0v) is 11.5. The van der Waals surface area contributed by atoms with Crippen molar-refractivity contribution < 1.29 is 27.6 Å².